The number of nitrogens with one attached hydrogen (secondary N) is 1. The van der Waals surface area contributed by atoms with E-state index in [2.05, 4.69) is 25.1 Å². The minimum Gasteiger partial charge on any atom is -0.444 e. The summed E-state index contributed by atoms with van der Waals surface area (Å²) in [7, 11) is 3.62. The maximum absolute atomic E-state index is 5.98. The number of aromatic nitrogens is 1. The monoisotopic (exact) mass is 435 g/mol. The number of oxazole rings is 1. The predicted octanol–water partition coefficient (Wildman–Crippen LogP) is 2.60. The molecule has 0 aliphatic carbocycles. The van der Waals surface area contributed by atoms with Gasteiger partial charge in [0.05, 0.1) is 18.3 Å². The first-order valence-electron chi connectivity index (χ1n) is 11.8. The van der Waals surface area contributed by atoms with Gasteiger partial charge < -0.3 is 24.1 Å². The van der Waals surface area contributed by atoms with Crippen molar-refractivity contribution >= 4 is 5.96 Å². The number of methoxy groups -OCH3 is 1. The molecule has 1 aromatic heterocycles. The lowest BCUT2D eigenvalue weighted by Crippen LogP contribution is -2.48. The van der Waals surface area contributed by atoms with Crippen LogP contribution in [0.4, 0.5) is 0 Å². The van der Waals surface area contributed by atoms with Crippen molar-refractivity contribution in [1.29, 1.82) is 0 Å². The first kappa shape index (κ1) is 24.0. The molecule has 2 aliphatic heterocycles. The molecule has 0 amide bonds. The van der Waals surface area contributed by atoms with Crippen LogP contribution in [0.3, 0.4) is 0 Å². The van der Waals surface area contributed by atoms with Crippen LogP contribution < -0.4 is 5.32 Å². The third kappa shape index (κ3) is 7.47. The lowest BCUT2D eigenvalue weighted by atomic mass is 9.97. The fraction of sp³-hybridized carbons (Fsp3) is 0.826. The van der Waals surface area contributed by atoms with Gasteiger partial charge in [-0.05, 0) is 65.0 Å². The van der Waals surface area contributed by atoms with Crippen LogP contribution in [0.2, 0.25) is 0 Å². The van der Waals surface area contributed by atoms with Gasteiger partial charge in [-0.3, -0.25) is 9.89 Å². The first-order valence-corrected chi connectivity index (χ1v) is 11.8. The highest BCUT2D eigenvalue weighted by atomic mass is 16.5. The van der Waals surface area contributed by atoms with Crippen molar-refractivity contribution < 1.29 is 13.9 Å². The summed E-state index contributed by atoms with van der Waals surface area (Å²) >= 11 is 0. The van der Waals surface area contributed by atoms with Gasteiger partial charge in [0.15, 0.2) is 5.96 Å². The largest absolute Gasteiger partial charge is 0.444 e. The number of rotatable bonds is 9. The van der Waals surface area contributed by atoms with Crippen LogP contribution in [-0.2, 0) is 16.0 Å². The van der Waals surface area contributed by atoms with Gasteiger partial charge in [0, 0.05) is 47.0 Å². The third-order valence-corrected chi connectivity index (χ3v) is 6.49. The van der Waals surface area contributed by atoms with E-state index in [4.69, 9.17) is 13.9 Å². The molecule has 2 saturated heterocycles. The van der Waals surface area contributed by atoms with Crippen LogP contribution >= 0.6 is 0 Å². The molecule has 2 aliphatic rings. The fourth-order valence-corrected chi connectivity index (χ4v) is 4.40. The highest BCUT2D eigenvalue weighted by molar-refractivity contribution is 5.79. The van der Waals surface area contributed by atoms with Crippen molar-refractivity contribution in [2.45, 2.75) is 58.6 Å². The summed E-state index contributed by atoms with van der Waals surface area (Å²) in [6.45, 7) is 11.6. The Hall–Kier alpha value is -1.64. The quantitative estimate of drug-likeness (QED) is 0.363. The number of hydrogen-bond acceptors (Lipinski definition) is 6. The van der Waals surface area contributed by atoms with E-state index >= 15 is 0 Å². The smallest absolute Gasteiger partial charge is 0.208 e. The molecule has 1 N–H and O–H groups in total. The van der Waals surface area contributed by atoms with Crippen LogP contribution in [0.15, 0.2) is 9.41 Å². The van der Waals surface area contributed by atoms with Gasteiger partial charge in [-0.25, -0.2) is 4.98 Å². The Kier molecular flexibility index (Phi) is 9.61. The van der Waals surface area contributed by atoms with E-state index in [0.29, 0.717) is 12.0 Å². The molecular formula is C23H41N5O3. The van der Waals surface area contributed by atoms with Crippen LogP contribution in [-0.4, -0.2) is 86.9 Å². The number of likely N-dealkylation sites (tertiary alicyclic amines) is 2. The molecule has 0 saturated carbocycles. The first-order chi connectivity index (χ1) is 15.1. The van der Waals surface area contributed by atoms with Gasteiger partial charge in [-0.2, -0.15) is 0 Å². The lowest BCUT2D eigenvalue weighted by Gasteiger charge is -2.35. The van der Waals surface area contributed by atoms with Crippen LogP contribution in [0.5, 0.6) is 0 Å². The Balaban J connectivity index is 1.32. The standard InChI is InChI=1S/C23H41N5O3/c1-18-19(2)31-22(26-18)17-27-10-6-20(7-11-27)16-25-23(24-3)28-12-8-21(9-13-28)30-15-5-14-29-4/h20-21H,5-17H2,1-4H3,(H,24,25). The molecule has 1 aromatic rings. The number of hydrogen-bond donors (Lipinski definition) is 1. The van der Waals surface area contributed by atoms with E-state index in [1.165, 1.54) is 12.8 Å². The molecule has 3 heterocycles. The van der Waals surface area contributed by atoms with Crippen LogP contribution in [0, 0.1) is 19.8 Å². The summed E-state index contributed by atoms with van der Waals surface area (Å²) in [4.78, 5) is 13.9. The van der Waals surface area contributed by atoms with Gasteiger partial charge in [-0.1, -0.05) is 0 Å². The maximum atomic E-state index is 5.98. The average Bonchev–Trinajstić information content (AvgIpc) is 3.10. The van der Waals surface area contributed by atoms with E-state index in [0.717, 1.165) is 95.0 Å². The highest BCUT2D eigenvalue weighted by Crippen LogP contribution is 2.20. The SMILES string of the molecule is CN=C(NCC1CCN(Cc2nc(C)c(C)o2)CC1)N1CCC(OCCCOC)CC1. The molecular weight excluding hydrogens is 394 g/mol. The number of aliphatic imine (C=N–C) groups is 1. The number of nitrogens with zero attached hydrogens (tertiary/aromatic N) is 4. The summed E-state index contributed by atoms with van der Waals surface area (Å²) in [6.07, 6.45) is 5.85. The maximum Gasteiger partial charge on any atom is 0.208 e. The molecule has 0 spiro atoms. The summed E-state index contributed by atoms with van der Waals surface area (Å²) in [5.74, 6) is 3.49. The zero-order valence-corrected chi connectivity index (χ0v) is 19.9. The molecule has 3 rings (SSSR count). The van der Waals surface area contributed by atoms with Crippen molar-refractivity contribution in [2.24, 2.45) is 10.9 Å². The average molecular weight is 436 g/mol. The Bertz CT molecular complexity index is 657. The highest BCUT2D eigenvalue weighted by Gasteiger charge is 2.24. The van der Waals surface area contributed by atoms with Gasteiger partial charge in [-0.15, -0.1) is 0 Å². The summed E-state index contributed by atoms with van der Waals surface area (Å²) in [5, 5.41) is 3.63. The summed E-state index contributed by atoms with van der Waals surface area (Å²) in [5.41, 5.74) is 1.00. The molecule has 8 heteroatoms. The minimum absolute atomic E-state index is 0.367. The second-order valence-corrected chi connectivity index (χ2v) is 8.80. The minimum atomic E-state index is 0.367. The number of piperidine rings is 2. The van der Waals surface area contributed by atoms with Crippen molar-refractivity contribution in [3.63, 3.8) is 0 Å². The lowest BCUT2D eigenvalue weighted by molar-refractivity contribution is 0.00986. The third-order valence-electron chi connectivity index (χ3n) is 6.49. The van der Waals surface area contributed by atoms with E-state index < -0.39 is 0 Å². The summed E-state index contributed by atoms with van der Waals surface area (Å²) < 4.78 is 16.8. The van der Waals surface area contributed by atoms with Crippen molar-refractivity contribution in [2.75, 3.05) is 60.1 Å². The zero-order valence-electron chi connectivity index (χ0n) is 19.9. The van der Waals surface area contributed by atoms with Crippen LogP contribution in [0.25, 0.3) is 0 Å². The van der Waals surface area contributed by atoms with E-state index in [-0.39, 0.29) is 0 Å². The molecule has 0 atom stereocenters. The second kappa shape index (κ2) is 12.4. The predicted molar refractivity (Wildman–Crippen MR) is 122 cm³/mol. The van der Waals surface area contributed by atoms with Crippen molar-refractivity contribution in [3.8, 4) is 0 Å². The fourth-order valence-electron chi connectivity index (χ4n) is 4.40. The molecule has 0 bridgehead atoms. The normalized spacial score (nSPS) is 19.9. The Morgan fingerprint density at radius 2 is 1.87 bits per heavy atom. The number of aryl methyl sites for hydroxylation is 2. The van der Waals surface area contributed by atoms with E-state index in [1.54, 1.807) is 7.11 Å². The van der Waals surface area contributed by atoms with E-state index in [9.17, 15) is 0 Å². The zero-order chi connectivity index (χ0) is 22.1. The Morgan fingerprint density at radius 1 is 1.13 bits per heavy atom. The van der Waals surface area contributed by atoms with Crippen molar-refractivity contribution in [3.05, 3.63) is 17.3 Å². The molecule has 8 nitrogen and oxygen atoms in total. The van der Waals surface area contributed by atoms with Gasteiger partial charge in [0.25, 0.3) is 0 Å². The van der Waals surface area contributed by atoms with E-state index in [1.807, 2.05) is 20.9 Å². The van der Waals surface area contributed by atoms with Gasteiger partial charge >= 0.3 is 0 Å². The van der Waals surface area contributed by atoms with Gasteiger partial charge in [0.1, 0.15) is 5.76 Å². The second-order valence-electron chi connectivity index (χ2n) is 8.80. The molecule has 0 aromatic carbocycles. The molecule has 31 heavy (non-hydrogen) atoms. The molecule has 176 valence electrons. The molecule has 2 fully saturated rings. The topological polar surface area (TPSA) is 75.4 Å². The Labute approximate surface area is 187 Å². The molecule has 0 unspecified atom stereocenters. The van der Waals surface area contributed by atoms with Gasteiger partial charge in [0.2, 0.25) is 5.89 Å². The number of guanidine groups is 1. The summed E-state index contributed by atoms with van der Waals surface area (Å²) in [6, 6.07) is 0. The Morgan fingerprint density at radius 3 is 2.48 bits per heavy atom. The number of ether oxygens (including phenoxy) is 2. The molecule has 0 radical (unpaired) electrons. The van der Waals surface area contributed by atoms with Crippen LogP contribution in [0.1, 0.15) is 49.4 Å². The van der Waals surface area contributed by atoms with Crippen molar-refractivity contribution in [1.82, 2.24) is 20.1 Å².